The molecular formula is C26H34FN3O2. The Morgan fingerprint density at radius 2 is 1.69 bits per heavy atom. The summed E-state index contributed by atoms with van der Waals surface area (Å²) in [7, 11) is 3.94. The summed E-state index contributed by atoms with van der Waals surface area (Å²) in [6, 6.07) is 11.8. The fourth-order valence-electron chi connectivity index (χ4n) is 4.21. The molecule has 32 heavy (non-hydrogen) atoms. The number of rotatable bonds is 7. The van der Waals surface area contributed by atoms with E-state index in [9.17, 15) is 14.0 Å². The summed E-state index contributed by atoms with van der Waals surface area (Å²) in [6.07, 6.45) is 5.32. The Kier molecular flexibility index (Phi) is 7.89. The van der Waals surface area contributed by atoms with Crippen LogP contribution in [0, 0.1) is 11.7 Å². The molecule has 1 aliphatic carbocycles. The lowest BCUT2D eigenvalue weighted by Gasteiger charge is -2.35. The van der Waals surface area contributed by atoms with Crippen molar-refractivity contribution in [1.82, 2.24) is 4.90 Å². The lowest BCUT2D eigenvalue weighted by Crippen LogP contribution is -2.41. The van der Waals surface area contributed by atoms with Gasteiger partial charge in [0.25, 0.3) is 5.91 Å². The molecule has 0 spiro atoms. The van der Waals surface area contributed by atoms with Gasteiger partial charge in [0.15, 0.2) is 0 Å². The lowest BCUT2D eigenvalue weighted by atomic mass is 9.93. The van der Waals surface area contributed by atoms with Crippen LogP contribution in [0.3, 0.4) is 0 Å². The monoisotopic (exact) mass is 439 g/mol. The fourth-order valence-corrected chi connectivity index (χ4v) is 4.21. The van der Waals surface area contributed by atoms with Gasteiger partial charge in [-0.1, -0.05) is 33.1 Å². The van der Waals surface area contributed by atoms with E-state index in [2.05, 4.69) is 5.32 Å². The van der Waals surface area contributed by atoms with Crippen molar-refractivity contribution in [2.24, 2.45) is 5.92 Å². The molecule has 0 aliphatic heterocycles. The quantitative estimate of drug-likeness (QED) is 0.623. The van der Waals surface area contributed by atoms with E-state index in [1.54, 1.807) is 12.1 Å². The van der Waals surface area contributed by atoms with Crippen LogP contribution in [0.5, 0.6) is 0 Å². The van der Waals surface area contributed by atoms with Gasteiger partial charge in [-0.05, 0) is 60.9 Å². The van der Waals surface area contributed by atoms with E-state index >= 15 is 0 Å². The van der Waals surface area contributed by atoms with Crippen LogP contribution in [-0.4, -0.2) is 36.9 Å². The number of hydrogen-bond acceptors (Lipinski definition) is 3. The second-order valence-corrected chi connectivity index (χ2v) is 9.11. The molecule has 172 valence electrons. The van der Waals surface area contributed by atoms with Crippen LogP contribution >= 0.6 is 0 Å². The first-order valence-electron chi connectivity index (χ1n) is 11.4. The highest BCUT2D eigenvalue weighted by atomic mass is 19.1. The summed E-state index contributed by atoms with van der Waals surface area (Å²) in [5, 5.41) is 2.97. The Morgan fingerprint density at radius 1 is 1.03 bits per heavy atom. The molecule has 3 rings (SSSR count). The average molecular weight is 440 g/mol. The number of carbonyl (C=O) groups excluding carboxylic acids is 2. The van der Waals surface area contributed by atoms with Crippen molar-refractivity contribution in [3.8, 4) is 0 Å². The van der Waals surface area contributed by atoms with Crippen molar-refractivity contribution in [2.75, 3.05) is 24.3 Å². The van der Waals surface area contributed by atoms with Gasteiger partial charge in [0.05, 0.1) is 0 Å². The summed E-state index contributed by atoms with van der Waals surface area (Å²) >= 11 is 0. The van der Waals surface area contributed by atoms with Gasteiger partial charge in [0, 0.05) is 49.5 Å². The number of carbonyl (C=O) groups is 2. The third kappa shape index (κ3) is 5.87. The van der Waals surface area contributed by atoms with Gasteiger partial charge < -0.3 is 15.1 Å². The fraction of sp³-hybridized carbons (Fsp3) is 0.462. The maximum Gasteiger partial charge on any atom is 0.254 e. The number of nitrogens with zero attached hydrogens (tertiary/aromatic N) is 2. The van der Waals surface area contributed by atoms with E-state index in [0.29, 0.717) is 12.1 Å². The number of nitrogens with one attached hydrogen (secondary N) is 1. The van der Waals surface area contributed by atoms with Gasteiger partial charge >= 0.3 is 0 Å². The minimum atomic E-state index is -0.353. The van der Waals surface area contributed by atoms with Gasteiger partial charge in [-0.3, -0.25) is 9.59 Å². The molecular weight excluding hydrogens is 405 g/mol. The zero-order chi connectivity index (χ0) is 23.3. The highest BCUT2D eigenvalue weighted by Gasteiger charge is 2.27. The minimum Gasteiger partial charge on any atom is -0.377 e. The summed E-state index contributed by atoms with van der Waals surface area (Å²) < 4.78 is 13.4. The largest absolute Gasteiger partial charge is 0.377 e. The first-order valence-corrected chi connectivity index (χ1v) is 11.4. The molecule has 1 saturated carbocycles. The average Bonchev–Trinajstić information content (AvgIpc) is 2.78. The molecule has 5 nitrogen and oxygen atoms in total. The van der Waals surface area contributed by atoms with Crippen molar-refractivity contribution < 1.29 is 14.0 Å². The van der Waals surface area contributed by atoms with E-state index in [4.69, 9.17) is 0 Å². The molecule has 1 fully saturated rings. The molecule has 0 atom stereocenters. The minimum absolute atomic E-state index is 0.0416. The topological polar surface area (TPSA) is 52.7 Å². The predicted octanol–water partition coefficient (Wildman–Crippen LogP) is 5.46. The second kappa shape index (κ2) is 10.6. The second-order valence-electron chi connectivity index (χ2n) is 9.11. The maximum absolute atomic E-state index is 13.5. The Balaban J connectivity index is 1.95. The van der Waals surface area contributed by atoms with Gasteiger partial charge in [-0.2, -0.15) is 0 Å². The summed E-state index contributed by atoms with van der Waals surface area (Å²) in [4.78, 5) is 29.7. The highest BCUT2D eigenvalue weighted by molar-refractivity contribution is 5.95. The van der Waals surface area contributed by atoms with Crippen LogP contribution in [0.15, 0.2) is 42.5 Å². The van der Waals surface area contributed by atoms with Crippen LogP contribution in [-0.2, 0) is 11.3 Å². The Hall–Kier alpha value is -2.89. The third-order valence-electron chi connectivity index (χ3n) is 6.06. The van der Waals surface area contributed by atoms with Crippen molar-refractivity contribution >= 4 is 23.2 Å². The summed E-state index contributed by atoms with van der Waals surface area (Å²) in [6.45, 7) is 4.15. The van der Waals surface area contributed by atoms with Crippen molar-refractivity contribution in [3.05, 3.63) is 59.4 Å². The molecule has 0 heterocycles. The lowest BCUT2D eigenvalue weighted by molar-refractivity contribution is -0.118. The predicted molar refractivity (Wildman–Crippen MR) is 127 cm³/mol. The number of halogens is 1. The van der Waals surface area contributed by atoms with Crippen molar-refractivity contribution in [3.63, 3.8) is 0 Å². The zero-order valence-electron chi connectivity index (χ0n) is 19.5. The third-order valence-corrected chi connectivity index (χ3v) is 6.06. The Labute approximate surface area is 190 Å². The van der Waals surface area contributed by atoms with Gasteiger partial charge in [0.2, 0.25) is 5.91 Å². The van der Waals surface area contributed by atoms with Crippen LogP contribution < -0.4 is 10.2 Å². The summed E-state index contributed by atoms with van der Waals surface area (Å²) in [5.41, 5.74) is 3.19. The molecule has 6 heteroatoms. The Bertz CT molecular complexity index is 935. The molecule has 0 aromatic heterocycles. The molecule has 1 aliphatic rings. The number of hydrogen-bond donors (Lipinski definition) is 1. The van der Waals surface area contributed by atoms with E-state index in [0.717, 1.165) is 42.6 Å². The standard InChI is InChI=1S/C26H34FN3O2/c1-18(2)25(31)28-22-14-15-24(29(3)4)20(16-22)17-30(23-8-6-5-7-9-23)26(32)19-10-12-21(27)13-11-19/h10-16,18,23H,5-9,17H2,1-4H3,(H,28,31). The maximum atomic E-state index is 13.5. The van der Waals surface area contributed by atoms with Crippen molar-refractivity contribution in [2.45, 2.75) is 58.5 Å². The van der Waals surface area contributed by atoms with Gasteiger partial charge in [-0.25, -0.2) is 4.39 Å². The number of benzene rings is 2. The van der Waals surface area contributed by atoms with Crippen LogP contribution in [0.1, 0.15) is 61.9 Å². The Morgan fingerprint density at radius 3 is 2.28 bits per heavy atom. The van der Waals surface area contributed by atoms with E-state index in [-0.39, 0.29) is 29.6 Å². The molecule has 0 radical (unpaired) electrons. The molecule has 0 unspecified atom stereocenters. The summed E-state index contributed by atoms with van der Waals surface area (Å²) in [5.74, 6) is -0.599. The highest BCUT2D eigenvalue weighted by Crippen LogP contribution is 2.30. The SMILES string of the molecule is CC(C)C(=O)Nc1ccc(N(C)C)c(CN(C(=O)c2ccc(F)cc2)C2CCCCC2)c1. The zero-order valence-corrected chi connectivity index (χ0v) is 19.5. The van der Waals surface area contributed by atoms with Crippen LogP contribution in [0.4, 0.5) is 15.8 Å². The molecule has 0 bridgehead atoms. The molecule has 0 saturated heterocycles. The normalized spacial score (nSPS) is 14.3. The smallest absolute Gasteiger partial charge is 0.254 e. The van der Waals surface area contributed by atoms with Crippen LogP contribution in [0.25, 0.3) is 0 Å². The molecule has 2 amide bonds. The molecule has 1 N–H and O–H groups in total. The van der Waals surface area contributed by atoms with E-state index in [1.807, 2.05) is 55.9 Å². The van der Waals surface area contributed by atoms with E-state index < -0.39 is 0 Å². The number of anilines is 2. The van der Waals surface area contributed by atoms with Gasteiger partial charge in [-0.15, -0.1) is 0 Å². The van der Waals surface area contributed by atoms with Crippen LogP contribution in [0.2, 0.25) is 0 Å². The molecule has 2 aromatic rings. The molecule has 2 aromatic carbocycles. The first kappa shape index (κ1) is 23.8. The van der Waals surface area contributed by atoms with Crippen molar-refractivity contribution in [1.29, 1.82) is 0 Å². The van der Waals surface area contributed by atoms with Gasteiger partial charge in [0.1, 0.15) is 5.82 Å². The first-order chi connectivity index (χ1) is 15.3. The number of amides is 2. The van der Waals surface area contributed by atoms with E-state index in [1.165, 1.54) is 18.6 Å².